The van der Waals surface area contributed by atoms with Gasteiger partial charge in [-0.1, -0.05) is 60.3 Å². The molecule has 16 heavy (non-hydrogen) atoms. The van der Waals surface area contributed by atoms with Crippen LogP contribution < -0.4 is 5.30 Å². The summed E-state index contributed by atoms with van der Waals surface area (Å²) in [6.07, 6.45) is 0.929. The first kappa shape index (κ1) is 10.6. The van der Waals surface area contributed by atoms with Gasteiger partial charge in [0, 0.05) is 16.7 Å². The molecule has 1 unspecified atom stereocenters. The Labute approximate surface area is 106 Å². The molecule has 2 aromatic rings. The molecule has 0 spiro atoms. The van der Waals surface area contributed by atoms with E-state index in [1.165, 1.54) is 22.0 Å². The number of thiol groups is 1. The summed E-state index contributed by atoms with van der Waals surface area (Å²) in [7, 11) is 0. The number of fused-ring (bicyclic) bond motifs is 3. The van der Waals surface area contributed by atoms with Crippen molar-refractivity contribution in [2.45, 2.75) is 6.16 Å². The molecule has 0 amide bonds. The van der Waals surface area contributed by atoms with Crippen LogP contribution in [0.4, 0.5) is 0 Å². The van der Waals surface area contributed by atoms with Crippen molar-refractivity contribution in [2.75, 3.05) is 0 Å². The summed E-state index contributed by atoms with van der Waals surface area (Å²) >= 11 is 10.4. The summed E-state index contributed by atoms with van der Waals surface area (Å²) in [5, 5.41) is -0.411. The summed E-state index contributed by atoms with van der Waals surface area (Å²) in [6, 6.07) is 16.9. The van der Waals surface area contributed by atoms with Gasteiger partial charge in [-0.2, -0.15) is 0 Å². The van der Waals surface area contributed by atoms with Crippen LogP contribution in [0.15, 0.2) is 48.5 Å². The summed E-state index contributed by atoms with van der Waals surface area (Å²) in [6.45, 7) is 0. The van der Waals surface area contributed by atoms with E-state index in [4.69, 9.17) is 24.1 Å². The third-order valence-electron chi connectivity index (χ3n) is 2.97. The third-order valence-corrected chi connectivity index (χ3v) is 6.93. The molecule has 0 saturated heterocycles. The maximum atomic E-state index is 5.70. The fourth-order valence-corrected chi connectivity index (χ4v) is 5.92. The molecule has 80 valence electrons. The van der Waals surface area contributed by atoms with Crippen LogP contribution in [0.3, 0.4) is 0 Å². The smallest absolute Gasteiger partial charge is 0.0357 e. The minimum Gasteiger partial charge on any atom is -0.136 e. The number of rotatable bonds is 0. The Balaban J connectivity index is 2.38. The zero-order valence-corrected chi connectivity index (χ0v) is 11.2. The lowest BCUT2D eigenvalue weighted by Gasteiger charge is -2.27. The number of hydrogen-bond acceptors (Lipinski definition) is 1. The third kappa shape index (κ3) is 1.57. The van der Waals surface area contributed by atoms with Crippen LogP contribution in [0.5, 0.6) is 0 Å². The molecule has 1 heterocycles. The van der Waals surface area contributed by atoms with Crippen LogP contribution >= 0.6 is 17.5 Å². The monoisotopic (exact) mass is 262 g/mol. The zero-order chi connectivity index (χ0) is 11.2. The van der Waals surface area contributed by atoms with E-state index in [0.717, 1.165) is 6.16 Å². The van der Waals surface area contributed by atoms with Gasteiger partial charge in [0.2, 0.25) is 0 Å². The molecule has 0 nitrogen and oxygen atoms in total. The summed E-state index contributed by atoms with van der Waals surface area (Å²) in [5.41, 5.74) is 3.95. The quantitative estimate of drug-likeness (QED) is 0.556. The standard InChI is InChI=1S/C13H11PS2/c15-14(16)9-10-5-1-2-6-11(10)12-7-3-4-8-13(12)14/h1-8H,9H2,(H,15,16). The summed E-state index contributed by atoms with van der Waals surface area (Å²) in [5.74, 6) is 0. The van der Waals surface area contributed by atoms with Crippen molar-refractivity contribution in [1.29, 1.82) is 0 Å². The van der Waals surface area contributed by atoms with Crippen LogP contribution in [0.1, 0.15) is 5.56 Å². The van der Waals surface area contributed by atoms with Crippen LogP contribution in [-0.2, 0) is 18.0 Å². The minimum absolute atomic E-state index is 0.929. The molecule has 0 radical (unpaired) electrons. The van der Waals surface area contributed by atoms with E-state index < -0.39 is 5.24 Å². The Morgan fingerprint density at radius 1 is 0.938 bits per heavy atom. The highest BCUT2D eigenvalue weighted by Gasteiger charge is 2.26. The first-order valence-electron chi connectivity index (χ1n) is 5.18. The van der Waals surface area contributed by atoms with Crippen molar-refractivity contribution in [3.8, 4) is 11.1 Å². The van der Waals surface area contributed by atoms with Crippen LogP contribution in [0.25, 0.3) is 11.1 Å². The average molecular weight is 262 g/mol. The Hall–Kier alpha value is -0.560. The lowest BCUT2D eigenvalue weighted by molar-refractivity contribution is 1.39. The molecule has 1 atom stereocenters. The van der Waals surface area contributed by atoms with Crippen molar-refractivity contribution in [3.63, 3.8) is 0 Å². The molecule has 1 aliphatic heterocycles. The fourth-order valence-electron chi connectivity index (χ4n) is 2.24. The van der Waals surface area contributed by atoms with Gasteiger partial charge in [-0.25, -0.2) is 0 Å². The first-order chi connectivity index (χ1) is 7.68. The van der Waals surface area contributed by atoms with E-state index in [0.29, 0.717) is 0 Å². The Morgan fingerprint density at radius 3 is 2.38 bits per heavy atom. The molecule has 1 aliphatic rings. The van der Waals surface area contributed by atoms with Crippen molar-refractivity contribution in [3.05, 3.63) is 54.1 Å². The number of hydrogen-bond donors (Lipinski definition) is 1. The van der Waals surface area contributed by atoms with Crippen molar-refractivity contribution >= 4 is 34.6 Å². The molecule has 0 saturated carbocycles. The second kappa shape index (κ2) is 3.73. The predicted octanol–water partition coefficient (Wildman–Crippen LogP) is 3.82. The van der Waals surface area contributed by atoms with Gasteiger partial charge in [0.1, 0.15) is 0 Å². The Bertz CT molecular complexity index is 604. The topological polar surface area (TPSA) is 0 Å². The Kier molecular flexibility index (Phi) is 2.47. The van der Waals surface area contributed by atoms with Gasteiger partial charge in [-0.05, 0) is 16.7 Å². The fraction of sp³-hybridized carbons (Fsp3) is 0.0769. The van der Waals surface area contributed by atoms with Gasteiger partial charge in [0.15, 0.2) is 0 Å². The number of benzene rings is 2. The molecule has 3 heteroatoms. The highest BCUT2D eigenvalue weighted by molar-refractivity contribution is 8.65. The largest absolute Gasteiger partial charge is 0.136 e. The van der Waals surface area contributed by atoms with E-state index in [9.17, 15) is 0 Å². The SMILES string of the molecule is S=P1(S)Cc2ccccc2-c2ccccc21. The molecule has 0 aliphatic carbocycles. The highest BCUT2D eigenvalue weighted by atomic mass is 32.9. The summed E-state index contributed by atoms with van der Waals surface area (Å²) in [4.78, 5) is 0. The summed E-state index contributed by atoms with van der Waals surface area (Å²) < 4.78 is 0. The molecule has 0 bridgehead atoms. The van der Waals surface area contributed by atoms with E-state index in [2.05, 4.69) is 48.5 Å². The zero-order valence-electron chi connectivity index (χ0n) is 8.63. The molecule has 0 aromatic heterocycles. The van der Waals surface area contributed by atoms with Crippen LogP contribution in [-0.4, -0.2) is 0 Å². The van der Waals surface area contributed by atoms with Gasteiger partial charge >= 0.3 is 0 Å². The average Bonchev–Trinajstić information content (AvgIpc) is 2.29. The van der Waals surface area contributed by atoms with Crippen molar-refractivity contribution < 1.29 is 0 Å². The Morgan fingerprint density at radius 2 is 1.56 bits per heavy atom. The molecule has 2 aromatic carbocycles. The normalized spacial score (nSPS) is 22.3. The molecular weight excluding hydrogens is 251 g/mol. The second-order valence-corrected chi connectivity index (χ2v) is 11.0. The van der Waals surface area contributed by atoms with Gasteiger partial charge in [-0.15, -0.1) is 12.2 Å². The highest BCUT2D eigenvalue weighted by Crippen LogP contribution is 2.58. The van der Waals surface area contributed by atoms with Crippen LogP contribution in [0.2, 0.25) is 0 Å². The van der Waals surface area contributed by atoms with Crippen molar-refractivity contribution in [1.82, 2.24) is 0 Å². The van der Waals surface area contributed by atoms with E-state index >= 15 is 0 Å². The van der Waals surface area contributed by atoms with E-state index in [-0.39, 0.29) is 0 Å². The molecule has 0 fully saturated rings. The lowest BCUT2D eigenvalue weighted by atomic mass is 10.0. The molecule has 3 rings (SSSR count). The molecule has 0 N–H and O–H groups in total. The predicted molar refractivity (Wildman–Crippen MR) is 78.5 cm³/mol. The second-order valence-electron chi connectivity index (χ2n) is 4.03. The first-order valence-corrected chi connectivity index (χ1v) is 9.32. The minimum atomic E-state index is -1.68. The maximum Gasteiger partial charge on any atom is 0.0357 e. The van der Waals surface area contributed by atoms with Crippen LogP contribution in [0, 0.1) is 0 Å². The van der Waals surface area contributed by atoms with E-state index in [1.807, 2.05) is 0 Å². The van der Waals surface area contributed by atoms with Crippen molar-refractivity contribution in [2.24, 2.45) is 0 Å². The molecular formula is C13H11PS2. The van der Waals surface area contributed by atoms with E-state index in [1.54, 1.807) is 0 Å². The van der Waals surface area contributed by atoms with Gasteiger partial charge in [0.25, 0.3) is 0 Å². The van der Waals surface area contributed by atoms with Gasteiger partial charge < -0.3 is 0 Å². The lowest BCUT2D eigenvalue weighted by Crippen LogP contribution is -2.12. The van der Waals surface area contributed by atoms with Gasteiger partial charge in [0.05, 0.1) is 0 Å². The maximum absolute atomic E-state index is 5.70. The van der Waals surface area contributed by atoms with Gasteiger partial charge in [-0.3, -0.25) is 0 Å².